The second-order valence-electron chi connectivity index (χ2n) is 4.92. The van der Waals surface area contributed by atoms with E-state index in [1.807, 2.05) is 0 Å². The smallest absolute Gasteiger partial charge is 0.411 e. The van der Waals surface area contributed by atoms with Crippen LogP contribution >= 0.6 is 12.4 Å². The molecule has 0 saturated carbocycles. The van der Waals surface area contributed by atoms with Crippen LogP contribution in [0.5, 0.6) is 0 Å². The topological polar surface area (TPSA) is 67.9 Å². The summed E-state index contributed by atoms with van der Waals surface area (Å²) < 4.78 is 9.93. The lowest BCUT2D eigenvalue weighted by Crippen LogP contribution is -2.58. The number of piperazine rings is 1. The molecule has 0 aliphatic carbocycles. The third-order valence-electron chi connectivity index (χ3n) is 2.34. The van der Waals surface area contributed by atoms with E-state index in [-0.39, 0.29) is 12.4 Å². The van der Waals surface area contributed by atoms with Crippen LogP contribution in [0.15, 0.2) is 0 Å². The van der Waals surface area contributed by atoms with Crippen molar-refractivity contribution >= 4 is 24.5 Å². The molecule has 1 saturated heterocycles. The van der Waals surface area contributed by atoms with Crippen molar-refractivity contribution < 1.29 is 19.1 Å². The molecule has 106 valence electrons. The summed E-state index contributed by atoms with van der Waals surface area (Å²) in [6.45, 7) is 6.86. The number of esters is 1. The molecule has 6 nitrogen and oxygen atoms in total. The highest BCUT2D eigenvalue weighted by molar-refractivity contribution is 5.85. The van der Waals surface area contributed by atoms with E-state index in [0.29, 0.717) is 19.6 Å². The number of hydrogen-bond acceptors (Lipinski definition) is 5. The van der Waals surface area contributed by atoms with Gasteiger partial charge in [-0.1, -0.05) is 0 Å². The lowest BCUT2D eigenvalue weighted by atomic mass is 10.2. The Labute approximate surface area is 113 Å². The fourth-order valence-corrected chi connectivity index (χ4v) is 1.59. The molecule has 1 unspecified atom stereocenters. The Balaban J connectivity index is 0.00000289. The van der Waals surface area contributed by atoms with Crippen LogP contribution in [0.25, 0.3) is 0 Å². The molecule has 0 aromatic heterocycles. The van der Waals surface area contributed by atoms with Gasteiger partial charge in [-0.05, 0) is 20.8 Å². The maximum Gasteiger partial charge on any atom is 0.411 e. The summed E-state index contributed by atoms with van der Waals surface area (Å²) in [5.74, 6) is -0.428. The van der Waals surface area contributed by atoms with Gasteiger partial charge in [-0.3, -0.25) is 4.90 Å². The van der Waals surface area contributed by atoms with Gasteiger partial charge in [0.2, 0.25) is 0 Å². The number of carbonyl (C=O) groups excluding carboxylic acids is 2. The van der Waals surface area contributed by atoms with Crippen molar-refractivity contribution in [1.82, 2.24) is 10.2 Å². The molecule has 0 bridgehead atoms. The quantitative estimate of drug-likeness (QED) is 0.719. The number of nitrogens with zero attached hydrogens (tertiary/aromatic N) is 1. The minimum absolute atomic E-state index is 0. The number of hydrogen-bond donors (Lipinski definition) is 1. The molecule has 0 aromatic carbocycles. The van der Waals surface area contributed by atoms with E-state index in [4.69, 9.17) is 4.74 Å². The number of rotatable bonds is 1. The Kier molecular flexibility index (Phi) is 6.42. The van der Waals surface area contributed by atoms with E-state index in [2.05, 4.69) is 10.1 Å². The summed E-state index contributed by atoms with van der Waals surface area (Å²) in [6, 6.07) is -0.608. The first kappa shape index (κ1) is 17.0. The van der Waals surface area contributed by atoms with Crippen LogP contribution < -0.4 is 5.32 Å². The van der Waals surface area contributed by atoms with E-state index >= 15 is 0 Å². The molecule has 18 heavy (non-hydrogen) atoms. The zero-order valence-corrected chi connectivity index (χ0v) is 12.0. The lowest BCUT2D eigenvalue weighted by molar-refractivity contribution is -0.147. The largest absolute Gasteiger partial charge is 0.467 e. The van der Waals surface area contributed by atoms with Crippen molar-refractivity contribution in [3.05, 3.63) is 0 Å². The van der Waals surface area contributed by atoms with Crippen molar-refractivity contribution in [3.8, 4) is 0 Å². The van der Waals surface area contributed by atoms with Gasteiger partial charge in [0.25, 0.3) is 0 Å². The zero-order chi connectivity index (χ0) is 13.1. The summed E-state index contributed by atoms with van der Waals surface area (Å²) in [5.41, 5.74) is -0.567. The fourth-order valence-electron chi connectivity index (χ4n) is 1.59. The molecule has 0 spiro atoms. The highest BCUT2D eigenvalue weighted by atomic mass is 35.5. The monoisotopic (exact) mass is 280 g/mol. The lowest BCUT2D eigenvalue weighted by Gasteiger charge is -2.35. The number of halogens is 1. The zero-order valence-electron chi connectivity index (χ0n) is 11.2. The maximum atomic E-state index is 11.9. The third-order valence-corrected chi connectivity index (χ3v) is 2.34. The number of methoxy groups -OCH3 is 1. The minimum atomic E-state index is -0.608. The van der Waals surface area contributed by atoms with Crippen LogP contribution in [0.3, 0.4) is 0 Å². The third kappa shape index (κ3) is 4.70. The molecule has 1 aliphatic heterocycles. The Hall–Kier alpha value is -1.01. The van der Waals surface area contributed by atoms with Crippen LogP contribution in [-0.2, 0) is 14.3 Å². The molecule has 1 fully saturated rings. The summed E-state index contributed by atoms with van der Waals surface area (Å²) in [7, 11) is 1.31. The van der Waals surface area contributed by atoms with Gasteiger partial charge in [-0.25, -0.2) is 9.59 Å². The molecule has 1 amide bonds. The second kappa shape index (κ2) is 6.80. The molecular formula is C11H21ClN2O4. The summed E-state index contributed by atoms with van der Waals surface area (Å²) in [6.07, 6.45) is -0.477. The van der Waals surface area contributed by atoms with E-state index in [0.717, 1.165) is 0 Å². The predicted octanol–water partition coefficient (Wildman–Crippen LogP) is 0.790. The van der Waals surface area contributed by atoms with Gasteiger partial charge in [0.05, 0.1) is 7.11 Å². The Morgan fingerprint density at radius 2 is 1.94 bits per heavy atom. The Morgan fingerprint density at radius 1 is 1.33 bits per heavy atom. The molecule has 0 radical (unpaired) electrons. The summed E-state index contributed by atoms with van der Waals surface area (Å²) in [5, 5.41) is 3.05. The standard InChI is InChI=1S/C11H20N2O4.ClH/c1-11(2,3)17-10(15)13-6-5-12-7-8(13)9(14)16-4;/h8,12H,5-7H2,1-4H3;1H. The molecular weight excluding hydrogens is 260 g/mol. The summed E-state index contributed by atoms with van der Waals surface area (Å²) >= 11 is 0. The van der Waals surface area contributed by atoms with Gasteiger partial charge in [-0.15, -0.1) is 12.4 Å². The number of amides is 1. The van der Waals surface area contributed by atoms with Gasteiger partial charge >= 0.3 is 12.1 Å². The molecule has 1 rings (SSSR count). The van der Waals surface area contributed by atoms with Crippen LogP contribution in [0, 0.1) is 0 Å². The van der Waals surface area contributed by atoms with E-state index in [1.54, 1.807) is 20.8 Å². The Bertz CT molecular complexity index is 304. The molecule has 1 N–H and O–H groups in total. The van der Waals surface area contributed by atoms with Gasteiger partial charge in [0.1, 0.15) is 11.6 Å². The van der Waals surface area contributed by atoms with Crippen LogP contribution in [0.2, 0.25) is 0 Å². The van der Waals surface area contributed by atoms with Crippen molar-refractivity contribution in [2.45, 2.75) is 32.4 Å². The van der Waals surface area contributed by atoms with E-state index in [9.17, 15) is 9.59 Å². The Morgan fingerprint density at radius 3 is 2.44 bits per heavy atom. The van der Waals surface area contributed by atoms with E-state index in [1.165, 1.54) is 12.0 Å². The van der Waals surface area contributed by atoms with Crippen molar-refractivity contribution in [2.24, 2.45) is 0 Å². The first-order valence-corrected chi connectivity index (χ1v) is 5.63. The SMILES string of the molecule is COC(=O)C1CNCCN1C(=O)OC(C)(C)C.Cl. The first-order valence-electron chi connectivity index (χ1n) is 5.63. The molecule has 1 aliphatic rings. The molecule has 7 heteroatoms. The van der Waals surface area contributed by atoms with Crippen molar-refractivity contribution in [1.29, 1.82) is 0 Å². The van der Waals surface area contributed by atoms with Crippen LogP contribution in [0.4, 0.5) is 4.79 Å². The van der Waals surface area contributed by atoms with Gasteiger partial charge < -0.3 is 14.8 Å². The average molecular weight is 281 g/mol. The van der Waals surface area contributed by atoms with Crippen molar-refractivity contribution in [2.75, 3.05) is 26.7 Å². The number of nitrogens with one attached hydrogen (secondary N) is 1. The maximum absolute atomic E-state index is 11.9. The number of ether oxygens (including phenoxy) is 2. The van der Waals surface area contributed by atoms with Gasteiger partial charge in [-0.2, -0.15) is 0 Å². The van der Waals surface area contributed by atoms with Crippen LogP contribution in [0.1, 0.15) is 20.8 Å². The predicted molar refractivity (Wildman–Crippen MR) is 68.9 cm³/mol. The van der Waals surface area contributed by atoms with Crippen molar-refractivity contribution in [3.63, 3.8) is 0 Å². The second-order valence-corrected chi connectivity index (χ2v) is 4.92. The molecule has 0 aromatic rings. The van der Waals surface area contributed by atoms with Gasteiger partial charge in [0, 0.05) is 19.6 Å². The highest BCUT2D eigenvalue weighted by Crippen LogP contribution is 2.13. The fraction of sp³-hybridized carbons (Fsp3) is 0.818. The number of carbonyl (C=O) groups is 2. The average Bonchev–Trinajstić information content (AvgIpc) is 2.25. The molecule has 1 heterocycles. The van der Waals surface area contributed by atoms with Gasteiger partial charge in [0.15, 0.2) is 0 Å². The summed E-state index contributed by atoms with van der Waals surface area (Å²) in [4.78, 5) is 24.9. The minimum Gasteiger partial charge on any atom is -0.467 e. The normalized spacial score (nSPS) is 19.8. The van der Waals surface area contributed by atoms with E-state index < -0.39 is 23.7 Å². The first-order chi connectivity index (χ1) is 7.85. The highest BCUT2D eigenvalue weighted by Gasteiger charge is 2.35. The van der Waals surface area contributed by atoms with Crippen LogP contribution in [-0.4, -0.2) is 55.3 Å². The molecule has 1 atom stereocenters.